The van der Waals surface area contributed by atoms with Crippen molar-refractivity contribution in [2.75, 3.05) is 16.8 Å². The third kappa shape index (κ3) is 3.18. The second-order valence-corrected chi connectivity index (χ2v) is 7.04. The molecule has 0 spiro atoms. The van der Waals surface area contributed by atoms with E-state index in [0.29, 0.717) is 24.1 Å². The number of carbonyl (C=O) groups is 3. The van der Waals surface area contributed by atoms with Gasteiger partial charge in [0.25, 0.3) is 0 Å². The molecular weight excluding hydrogens is 344 g/mol. The summed E-state index contributed by atoms with van der Waals surface area (Å²) in [6.45, 7) is 0.146. The van der Waals surface area contributed by atoms with Crippen LogP contribution in [0.1, 0.15) is 29.9 Å². The Morgan fingerprint density at radius 1 is 1.11 bits per heavy atom. The van der Waals surface area contributed by atoms with Crippen molar-refractivity contribution in [3.63, 3.8) is 0 Å². The van der Waals surface area contributed by atoms with E-state index in [0.717, 1.165) is 11.3 Å². The average Bonchev–Trinajstić information content (AvgIpc) is 3.06. The number of hydrogen-bond acceptors (Lipinski definition) is 3. The van der Waals surface area contributed by atoms with Crippen LogP contribution in [0.2, 0.25) is 0 Å². The Balaban J connectivity index is 1.45. The van der Waals surface area contributed by atoms with E-state index in [4.69, 9.17) is 0 Å². The Morgan fingerprint density at radius 2 is 1.85 bits per heavy atom. The summed E-state index contributed by atoms with van der Waals surface area (Å²) >= 11 is 0. The van der Waals surface area contributed by atoms with Crippen molar-refractivity contribution in [2.24, 2.45) is 5.92 Å². The van der Waals surface area contributed by atoms with E-state index in [9.17, 15) is 19.5 Å². The molecule has 2 aromatic rings. The predicted octanol–water partition coefficient (Wildman–Crippen LogP) is 2.79. The second kappa shape index (κ2) is 6.87. The monoisotopic (exact) mass is 364 g/mol. The first-order chi connectivity index (χ1) is 13.0. The number of carbonyl (C=O) groups excluding carboxylic acids is 2. The molecule has 0 radical (unpaired) electrons. The van der Waals surface area contributed by atoms with Crippen molar-refractivity contribution >= 4 is 29.2 Å². The van der Waals surface area contributed by atoms with Crippen LogP contribution < -0.4 is 10.2 Å². The molecule has 2 atom stereocenters. The minimum Gasteiger partial charge on any atom is -0.481 e. The van der Waals surface area contributed by atoms with Gasteiger partial charge in [0.05, 0.1) is 0 Å². The highest BCUT2D eigenvalue weighted by Gasteiger charge is 2.36. The number of aliphatic carboxylic acids is 1. The van der Waals surface area contributed by atoms with E-state index in [2.05, 4.69) is 5.32 Å². The third-order valence-electron chi connectivity index (χ3n) is 5.39. The van der Waals surface area contributed by atoms with Crippen LogP contribution in [0.25, 0.3) is 0 Å². The molecule has 2 N–H and O–H groups in total. The molecule has 2 heterocycles. The summed E-state index contributed by atoms with van der Waals surface area (Å²) in [5.41, 5.74) is 3.24. The van der Waals surface area contributed by atoms with Crippen molar-refractivity contribution in [2.45, 2.75) is 25.2 Å². The fraction of sp³-hybridized carbons (Fsp3) is 0.286. The van der Waals surface area contributed by atoms with Gasteiger partial charge >= 0.3 is 5.97 Å². The van der Waals surface area contributed by atoms with E-state index in [-0.39, 0.29) is 30.7 Å². The normalized spacial score (nSPS) is 20.6. The first-order valence-corrected chi connectivity index (χ1v) is 9.05. The number of carboxylic acids is 1. The topological polar surface area (TPSA) is 86.7 Å². The van der Waals surface area contributed by atoms with Gasteiger partial charge in [-0.05, 0) is 36.1 Å². The molecule has 0 aliphatic carbocycles. The smallest absolute Gasteiger partial charge is 0.312 e. The highest BCUT2D eigenvalue weighted by atomic mass is 16.4. The summed E-state index contributed by atoms with van der Waals surface area (Å²) in [5.74, 6) is -2.09. The number of amides is 2. The van der Waals surface area contributed by atoms with Crippen LogP contribution in [-0.2, 0) is 20.8 Å². The molecule has 0 bridgehead atoms. The van der Waals surface area contributed by atoms with Crippen molar-refractivity contribution in [3.05, 3.63) is 59.7 Å². The van der Waals surface area contributed by atoms with Gasteiger partial charge in [0.1, 0.15) is 5.92 Å². The van der Waals surface area contributed by atoms with Crippen LogP contribution in [-0.4, -0.2) is 29.4 Å². The van der Waals surface area contributed by atoms with Gasteiger partial charge < -0.3 is 15.3 Å². The maximum Gasteiger partial charge on any atom is 0.312 e. The summed E-state index contributed by atoms with van der Waals surface area (Å²) in [4.78, 5) is 38.1. The van der Waals surface area contributed by atoms with Gasteiger partial charge in [-0.2, -0.15) is 0 Å². The molecule has 6 heteroatoms. The molecule has 0 aromatic heterocycles. The fourth-order valence-electron chi connectivity index (χ4n) is 3.93. The lowest BCUT2D eigenvalue weighted by Gasteiger charge is -2.25. The zero-order valence-electron chi connectivity index (χ0n) is 14.7. The van der Waals surface area contributed by atoms with Gasteiger partial charge in [-0.15, -0.1) is 0 Å². The molecular formula is C21H20N2O4. The molecule has 2 unspecified atom stereocenters. The van der Waals surface area contributed by atoms with Crippen LogP contribution in [0.15, 0.2) is 48.5 Å². The maximum absolute atomic E-state index is 12.8. The number of carboxylic acid groups (broad SMARTS) is 1. The lowest BCUT2D eigenvalue weighted by Crippen LogP contribution is -2.34. The number of hydrogen-bond donors (Lipinski definition) is 2. The van der Waals surface area contributed by atoms with Gasteiger partial charge in [-0.3, -0.25) is 14.4 Å². The number of anilines is 2. The molecule has 6 nitrogen and oxygen atoms in total. The Kier molecular flexibility index (Phi) is 4.39. The van der Waals surface area contributed by atoms with E-state index < -0.39 is 11.9 Å². The predicted molar refractivity (Wildman–Crippen MR) is 101 cm³/mol. The van der Waals surface area contributed by atoms with Crippen molar-refractivity contribution in [3.8, 4) is 0 Å². The average molecular weight is 364 g/mol. The number of fused-ring (bicyclic) bond motifs is 2. The zero-order chi connectivity index (χ0) is 19.0. The molecule has 2 aliphatic rings. The number of rotatable bonds is 4. The minimum atomic E-state index is -0.930. The molecule has 27 heavy (non-hydrogen) atoms. The maximum atomic E-state index is 12.8. The molecule has 4 rings (SSSR count). The number of nitrogens with one attached hydrogen (secondary N) is 1. The summed E-state index contributed by atoms with van der Waals surface area (Å²) in [7, 11) is 0. The van der Waals surface area contributed by atoms with Crippen molar-refractivity contribution in [1.82, 2.24) is 0 Å². The van der Waals surface area contributed by atoms with Crippen LogP contribution in [0.5, 0.6) is 0 Å². The molecule has 0 fully saturated rings. The third-order valence-corrected chi connectivity index (χ3v) is 5.39. The first kappa shape index (κ1) is 17.3. The molecule has 2 aliphatic heterocycles. The molecule has 0 saturated carbocycles. The second-order valence-electron chi connectivity index (χ2n) is 7.04. The molecule has 2 amide bonds. The van der Waals surface area contributed by atoms with E-state index in [1.807, 2.05) is 24.3 Å². The lowest BCUT2D eigenvalue weighted by molar-refractivity contribution is -0.138. The lowest BCUT2D eigenvalue weighted by atomic mass is 9.89. The highest BCUT2D eigenvalue weighted by molar-refractivity contribution is 6.00. The highest BCUT2D eigenvalue weighted by Crippen LogP contribution is 2.37. The van der Waals surface area contributed by atoms with Crippen LogP contribution >= 0.6 is 0 Å². The van der Waals surface area contributed by atoms with Crippen LogP contribution in [0, 0.1) is 5.92 Å². The number of para-hydroxylation sites is 2. The molecule has 0 saturated heterocycles. The summed E-state index contributed by atoms with van der Waals surface area (Å²) < 4.78 is 0. The van der Waals surface area contributed by atoms with Gasteiger partial charge in [-0.1, -0.05) is 36.4 Å². The summed E-state index contributed by atoms with van der Waals surface area (Å²) in [6, 6.07) is 14.8. The largest absolute Gasteiger partial charge is 0.481 e. The van der Waals surface area contributed by atoms with Gasteiger partial charge in [0.15, 0.2) is 0 Å². The number of benzene rings is 2. The van der Waals surface area contributed by atoms with E-state index >= 15 is 0 Å². The minimum absolute atomic E-state index is 0.0632. The zero-order valence-corrected chi connectivity index (χ0v) is 14.7. The van der Waals surface area contributed by atoms with Gasteiger partial charge in [0.2, 0.25) is 11.8 Å². The van der Waals surface area contributed by atoms with Crippen LogP contribution in [0.4, 0.5) is 11.4 Å². The molecule has 2 aromatic carbocycles. The Hall–Kier alpha value is -3.15. The standard InChI is InChI=1S/C21H20N2O4/c24-19(23-12-16(21(26)27)15-6-2-4-8-18(15)23)10-9-14-11-13-5-1-3-7-17(13)22-20(14)25/h1-8,14,16H,9-12H2,(H,22,25)(H,26,27). The summed E-state index contributed by atoms with van der Waals surface area (Å²) in [5, 5.41) is 12.3. The van der Waals surface area contributed by atoms with Gasteiger partial charge in [-0.25, -0.2) is 0 Å². The van der Waals surface area contributed by atoms with Crippen LogP contribution in [0.3, 0.4) is 0 Å². The Labute approximate surface area is 156 Å². The van der Waals surface area contributed by atoms with Crippen molar-refractivity contribution in [1.29, 1.82) is 0 Å². The summed E-state index contributed by atoms with van der Waals surface area (Å²) in [6.07, 6.45) is 1.26. The quantitative estimate of drug-likeness (QED) is 0.873. The Morgan fingerprint density at radius 3 is 2.67 bits per heavy atom. The SMILES string of the molecule is O=C1Nc2ccccc2CC1CCC(=O)N1CC(C(=O)O)c2ccccc21. The fourth-order valence-corrected chi connectivity index (χ4v) is 3.93. The van der Waals surface area contributed by atoms with E-state index in [1.165, 1.54) is 0 Å². The first-order valence-electron chi connectivity index (χ1n) is 9.05. The Bertz CT molecular complexity index is 924. The molecule has 138 valence electrons. The van der Waals surface area contributed by atoms with E-state index in [1.54, 1.807) is 29.2 Å². The number of nitrogens with zero attached hydrogens (tertiary/aromatic N) is 1. The van der Waals surface area contributed by atoms with Crippen molar-refractivity contribution < 1.29 is 19.5 Å². The van der Waals surface area contributed by atoms with Gasteiger partial charge in [0, 0.05) is 30.3 Å².